The fourth-order valence-electron chi connectivity index (χ4n) is 5.05. The first-order valence-corrected chi connectivity index (χ1v) is 11.8. The minimum absolute atomic E-state index is 0.00363. The first kappa shape index (κ1) is 24.8. The highest BCUT2D eigenvalue weighted by molar-refractivity contribution is 5.90. The van der Waals surface area contributed by atoms with Crippen LogP contribution in [0.3, 0.4) is 0 Å². The molecule has 0 radical (unpaired) electrons. The molecule has 0 saturated carbocycles. The summed E-state index contributed by atoms with van der Waals surface area (Å²) in [6.07, 6.45) is 0.00870. The number of benzene rings is 1. The lowest BCUT2D eigenvalue weighted by molar-refractivity contribution is -0.136. The van der Waals surface area contributed by atoms with Crippen molar-refractivity contribution in [3.63, 3.8) is 0 Å². The Kier molecular flexibility index (Phi) is 6.40. The van der Waals surface area contributed by atoms with Gasteiger partial charge in [-0.3, -0.25) is 14.5 Å². The van der Waals surface area contributed by atoms with Crippen LogP contribution in [0.4, 0.5) is 14.5 Å². The average molecular weight is 485 g/mol. The Bertz CT molecular complexity index is 1390. The number of anilines is 1. The van der Waals surface area contributed by atoms with Crippen LogP contribution in [0.2, 0.25) is 0 Å². The highest BCUT2D eigenvalue weighted by Crippen LogP contribution is 2.39. The number of nitrogens with zero attached hydrogens (tertiary/aromatic N) is 3. The predicted molar refractivity (Wildman–Crippen MR) is 132 cm³/mol. The number of nitrogens with two attached hydrogens (primary N) is 1. The molecular formula is C26H30F2N4O3. The van der Waals surface area contributed by atoms with Gasteiger partial charge in [0.2, 0.25) is 0 Å². The van der Waals surface area contributed by atoms with Crippen LogP contribution in [0.25, 0.3) is 22.3 Å². The second-order valence-electron chi connectivity index (χ2n) is 9.34. The first-order valence-electron chi connectivity index (χ1n) is 11.8. The van der Waals surface area contributed by atoms with Gasteiger partial charge in [-0.15, -0.1) is 0 Å². The Balaban J connectivity index is 0.00000141. The summed E-state index contributed by atoms with van der Waals surface area (Å²) >= 11 is 0. The molecule has 2 aliphatic rings. The van der Waals surface area contributed by atoms with Crippen molar-refractivity contribution in [1.82, 2.24) is 14.5 Å². The maximum atomic E-state index is 14.3. The number of likely N-dealkylation sites (tertiary alicyclic amines) is 1. The SMILES string of the molecule is CC.Cc1cc2n(c(=O)c1CCC(=O)O)Cc1c-2nc2cc(F)c(N)cc2c1CN1CC(C)(F)C1. The van der Waals surface area contributed by atoms with Crippen molar-refractivity contribution in [2.45, 2.75) is 59.3 Å². The molecule has 4 heterocycles. The summed E-state index contributed by atoms with van der Waals surface area (Å²) in [6, 6.07) is 4.68. The molecule has 1 saturated heterocycles. The number of pyridine rings is 2. The van der Waals surface area contributed by atoms with Gasteiger partial charge in [-0.05, 0) is 43.5 Å². The molecule has 7 nitrogen and oxygen atoms in total. The van der Waals surface area contributed by atoms with Gasteiger partial charge in [0.05, 0.1) is 29.1 Å². The van der Waals surface area contributed by atoms with E-state index in [4.69, 9.17) is 10.8 Å². The van der Waals surface area contributed by atoms with Crippen LogP contribution in [0.5, 0.6) is 0 Å². The Morgan fingerprint density at radius 3 is 2.54 bits per heavy atom. The standard InChI is InChI=1S/C24H24F2N4O3.C2H6/c1-12-5-20-22-16(9-30(20)23(33)13(12)3-4-21(31)32)15(8-29-10-24(2,26)11-29)14-6-18(27)17(25)7-19(14)28-22;1-2/h5-7H,3-4,8-11,27H2,1-2H3,(H,31,32);1-2H3. The van der Waals surface area contributed by atoms with Gasteiger partial charge in [0.1, 0.15) is 11.5 Å². The minimum atomic E-state index is -1.24. The molecule has 1 fully saturated rings. The zero-order valence-electron chi connectivity index (χ0n) is 20.4. The molecule has 3 aromatic rings. The number of nitrogen functional groups attached to an aromatic ring is 1. The van der Waals surface area contributed by atoms with Gasteiger partial charge in [-0.1, -0.05) is 13.8 Å². The minimum Gasteiger partial charge on any atom is -0.481 e. The molecule has 186 valence electrons. The van der Waals surface area contributed by atoms with Gasteiger partial charge in [0, 0.05) is 48.6 Å². The van der Waals surface area contributed by atoms with Crippen LogP contribution < -0.4 is 11.3 Å². The number of aryl methyl sites for hydroxylation is 1. The van der Waals surface area contributed by atoms with Crippen LogP contribution >= 0.6 is 0 Å². The fraction of sp³-hybridized carbons (Fsp3) is 0.423. The van der Waals surface area contributed by atoms with Crippen LogP contribution in [0.15, 0.2) is 23.0 Å². The highest BCUT2D eigenvalue weighted by atomic mass is 19.1. The lowest BCUT2D eigenvalue weighted by Crippen LogP contribution is -2.56. The third-order valence-corrected chi connectivity index (χ3v) is 6.58. The van der Waals surface area contributed by atoms with Crippen LogP contribution in [-0.2, 0) is 24.3 Å². The number of alkyl halides is 1. The summed E-state index contributed by atoms with van der Waals surface area (Å²) in [7, 11) is 0. The van der Waals surface area contributed by atoms with E-state index in [0.29, 0.717) is 40.0 Å². The molecule has 1 aromatic carbocycles. The van der Waals surface area contributed by atoms with E-state index in [0.717, 1.165) is 11.1 Å². The maximum absolute atomic E-state index is 14.3. The number of aliphatic carboxylic acids is 1. The van der Waals surface area contributed by atoms with Crippen molar-refractivity contribution in [3.05, 3.63) is 56.6 Å². The second kappa shape index (κ2) is 9.03. The number of carboxylic acids is 1. The van der Waals surface area contributed by atoms with E-state index in [-0.39, 0.29) is 43.7 Å². The molecule has 5 rings (SSSR count). The van der Waals surface area contributed by atoms with E-state index in [9.17, 15) is 18.4 Å². The van der Waals surface area contributed by atoms with Crippen LogP contribution in [0.1, 0.15) is 49.4 Å². The Morgan fingerprint density at radius 1 is 1.23 bits per heavy atom. The number of hydrogen-bond acceptors (Lipinski definition) is 5. The summed E-state index contributed by atoms with van der Waals surface area (Å²) in [5.74, 6) is -1.54. The summed E-state index contributed by atoms with van der Waals surface area (Å²) < 4.78 is 30.0. The fourth-order valence-corrected chi connectivity index (χ4v) is 5.05. The van der Waals surface area contributed by atoms with Crippen LogP contribution in [0, 0.1) is 12.7 Å². The lowest BCUT2D eigenvalue weighted by atomic mass is 9.94. The largest absolute Gasteiger partial charge is 0.481 e. The molecule has 0 bridgehead atoms. The van der Waals surface area contributed by atoms with Gasteiger partial charge in [-0.2, -0.15) is 0 Å². The maximum Gasteiger partial charge on any atom is 0.303 e. The number of carbonyl (C=O) groups is 1. The van der Waals surface area contributed by atoms with Crippen molar-refractivity contribution in [2.24, 2.45) is 0 Å². The Hall–Kier alpha value is -3.33. The molecule has 0 unspecified atom stereocenters. The van der Waals surface area contributed by atoms with E-state index in [2.05, 4.69) is 4.98 Å². The molecule has 9 heteroatoms. The van der Waals surface area contributed by atoms with E-state index in [1.54, 1.807) is 24.5 Å². The number of fused-ring (bicyclic) bond motifs is 4. The summed E-state index contributed by atoms with van der Waals surface area (Å²) in [4.78, 5) is 30.9. The van der Waals surface area contributed by atoms with E-state index < -0.39 is 17.5 Å². The van der Waals surface area contributed by atoms with Gasteiger partial charge in [-0.25, -0.2) is 13.8 Å². The van der Waals surface area contributed by atoms with Gasteiger partial charge >= 0.3 is 5.97 Å². The third-order valence-electron chi connectivity index (χ3n) is 6.58. The lowest BCUT2D eigenvalue weighted by Gasteiger charge is -2.42. The number of halogens is 2. The Morgan fingerprint density at radius 2 is 1.91 bits per heavy atom. The van der Waals surface area contributed by atoms with Crippen molar-refractivity contribution in [2.75, 3.05) is 18.8 Å². The highest BCUT2D eigenvalue weighted by Gasteiger charge is 2.39. The molecule has 0 atom stereocenters. The average Bonchev–Trinajstić information content (AvgIpc) is 3.13. The molecule has 2 aliphatic heterocycles. The molecule has 0 amide bonds. The topological polar surface area (TPSA) is 101 Å². The number of aromatic nitrogens is 2. The molecule has 3 N–H and O–H groups in total. The second-order valence-corrected chi connectivity index (χ2v) is 9.34. The van der Waals surface area contributed by atoms with E-state index in [1.165, 1.54) is 6.07 Å². The van der Waals surface area contributed by atoms with Crippen molar-refractivity contribution in [1.29, 1.82) is 0 Å². The Labute approximate surface area is 202 Å². The summed E-state index contributed by atoms with van der Waals surface area (Å²) in [5.41, 5.74) is 8.84. The number of hydrogen-bond donors (Lipinski definition) is 2. The predicted octanol–water partition coefficient (Wildman–Crippen LogP) is 4.04. The van der Waals surface area contributed by atoms with Gasteiger partial charge in [0.15, 0.2) is 0 Å². The molecule has 35 heavy (non-hydrogen) atoms. The monoisotopic (exact) mass is 484 g/mol. The first-order chi connectivity index (χ1) is 16.5. The zero-order valence-corrected chi connectivity index (χ0v) is 20.4. The van der Waals surface area contributed by atoms with Crippen LogP contribution in [-0.4, -0.2) is 44.3 Å². The van der Waals surface area contributed by atoms with Gasteiger partial charge in [0.25, 0.3) is 5.56 Å². The smallest absolute Gasteiger partial charge is 0.303 e. The molecular weight excluding hydrogens is 454 g/mol. The zero-order chi connectivity index (χ0) is 25.7. The van der Waals surface area contributed by atoms with E-state index in [1.807, 2.05) is 24.8 Å². The van der Waals surface area contributed by atoms with E-state index >= 15 is 0 Å². The summed E-state index contributed by atoms with van der Waals surface area (Å²) in [5, 5.41) is 9.72. The van der Waals surface area contributed by atoms with Gasteiger partial charge < -0.3 is 15.4 Å². The summed E-state index contributed by atoms with van der Waals surface area (Å²) in [6.45, 7) is 8.60. The normalized spacial score (nSPS) is 15.7. The third kappa shape index (κ3) is 4.40. The van der Waals surface area contributed by atoms with Crippen molar-refractivity contribution >= 4 is 22.6 Å². The van der Waals surface area contributed by atoms with Crippen molar-refractivity contribution < 1.29 is 18.7 Å². The number of rotatable bonds is 5. The number of carboxylic acid groups (broad SMARTS) is 1. The van der Waals surface area contributed by atoms with Crippen molar-refractivity contribution in [3.8, 4) is 11.4 Å². The molecule has 2 aromatic heterocycles. The molecule has 0 aliphatic carbocycles. The quantitative estimate of drug-likeness (QED) is 0.415. The molecule has 0 spiro atoms.